The number of hydrogen-bond donors (Lipinski definition) is 4. The van der Waals surface area contributed by atoms with Crippen molar-refractivity contribution in [3.63, 3.8) is 0 Å². The molecule has 0 saturated carbocycles. The normalized spacial score (nSPS) is 10.7. The van der Waals surface area contributed by atoms with Gasteiger partial charge in [-0.05, 0) is 36.4 Å². The first-order valence-corrected chi connectivity index (χ1v) is 7.84. The summed E-state index contributed by atoms with van der Waals surface area (Å²) in [5, 5.41) is 25.3. The van der Waals surface area contributed by atoms with Crippen molar-refractivity contribution in [1.82, 2.24) is 5.43 Å². The number of nitrogens with one attached hydrogen (secondary N) is 2. The zero-order chi connectivity index (χ0) is 19.2. The number of phenolic OH excluding ortho intramolecular Hbond substituents is 2. The van der Waals surface area contributed by atoms with Crippen LogP contribution < -0.4 is 10.7 Å². The number of hydrogen-bond acceptors (Lipinski definition) is 6. The highest BCUT2D eigenvalue weighted by molar-refractivity contribution is 6.08. The molecule has 0 aliphatic heterocycles. The number of furan rings is 1. The Bertz CT molecular complexity index is 996. The molecular formula is C19H15N3O5. The van der Waals surface area contributed by atoms with Gasteiger partial charge in [0.1, 0.15) is 11.5 Å². The van der Waals surface area contributed by atoms with Crippen molar-refractivity contribution in [3.05, 3.63) is 77.7 Å². The predicted octanol–water partition coefficient (Wildman–Crippen LogP) is 2.71. The molecule has 0 bridgehead atoms. The van der Waals surface area contributed by atoms with Crippen LogP contribution in [0, 0.1) is 0 Å². The molecule has 0 aliphatic rings. The van der Waals surface area contributed by atoms with Crippen molar-refractivity contribution in [2.45, 2.75) is 0 Å². The Morgan fingerprint density at radius 3 is 2.56 bits per heavy atom. The summed E-state index contributed by atoms with van der Waals surface area (Å²) >= 11 is 0. The number of hydrazone groups is 1. The Kier molecular flexibility index (Phi) is 5.17. The molecule has 2 aromatic carbocycles. The number of amides is 2. The number of carbonyl (C=O) groups excluding carboxylic acids is 2. The molecule has 1 heterocycles. The Labute approximate surface area is 153 Å². The Morgan fingerprint density at radius 1 is 1.00 bits per heavy atom. The van der Waals surface area contributed by atoms with Gasteiger partial charge < -0.3 is 19.9 Å². The highest BCUT2D eigenvalue weighted by Gasteiger charge is 2.15. The molecule has 3 rings (SSSR count). The van der Waals surface area contributed by atoms with E-state index < -0.39 is 11.8 Å². The van der Waals surface area contributed by atoms with Crippen LogP contribution in [0.25, 0.3) is 0 Å². The highest BCUT2D eigenvalue weighted by atomic mass is 16.3. The number of phenols is 2. The Hall–Kier alpha value is -4.07. The summed E-state index contributed by atoms with van der Waals surface area (Å²) in [5.74, 6) is -1.20. The van der Waals surface area contributed by atoms with Gasteiger partial charge in [-0.25, -0.2) is 5.43 Å². The molecular weight excluding hydrogens is 350 g/mol. The van der Waals surface area contributed by atoms with Crippen molar-refractivity contribution in [3.8, 4) is 11.5 Å². The summed E-state index contributed by atoms with van der Waals surface area (Å²) in [7, 11) is 0. The fraction of sp³-hybridized carbons (Fsp3) is 0. The Morgan fingerprint density at radius 2 is 1.81 bits per heavy atom. The molecule has 0 radical (unpaired) electrons. The molecule has 136 valence electrons. The van der Waals surface area contributed by atoms with E-state index in [-0.39, 0.29) is 22.8 Å². The molecule has 0 spiro atoms. The van der Waals surface area contributed by atoms with Crippen LogP contribution in [0.4, 0.5) is 5.69 Å². The maximum atomic E-state index is 12.4. The summed E-state index contributed by atoms with van der Waals surface area (Å²) in [6, 6.07) is 13.5. The van der Waals surface area contributed by atoms with Gasteiger partial charge in [0.2, 0.25) is 0 Å². The van der Waals surface area contributed by atoms with Gasteiger partial charge in [0.25, 0.3) is 11.8 Å². The lowest BCUT2D eigenvalue weighted by molar-refractivity contribution is 0.0956. The minimum absolute atomic E-state index is 0.0880. The summed E-state index contributed by atoms with van der Waals surface area (Å²) in [5.41, 5.74) is 3.12. The van der Waals surface area contributed by atoms with Crippen LogP contribution in [-0.2, 0) is 0 Å². The van der Waals surface area contributed by atoms with Crippen LogP contribution in [0.3, 0.4) is 0 Å². The maximum absolute atomic E-state index is 12.4. The summed E-state index contributed by atoms with van der Waals surface area (Å²) in [4.78, 5) is 24.5. The molecule has 27 heavy (non-hydrogen) atoms. The molecule has 4 N–H and O–H groups in total. The summed E-state index contributed by atoms with van der Waals surface area (Å²) < 4.78 is 5.02. The molecule has 8 heteroatoms. The molecule has 0 saturated heterocycles. The molecule has 2 amide bonds. The zero-order valence-electron chi connectivity index (χ0n) is 13.9. The van der Waals surface area contributed by atoms with Gasteiger partial charge in [0.05, 0.1) is 23.7 Å². The lowest BCUT2D eigenvalue weighted by Crippen LogP contribution is -2.21. The highest BCUT2D eigenvalue weighted by Crippen LogP contribution is 2.21. The minimum atomic E-state index is -0.556. The standard InChI is InChI=1S/C19H15N3O5/c23-13-8-7-12(16(24)10-13)11-20-22-18(25)14-4-1-2-5-15(14)21-19(26)17-6-3-9-27-17/h1-11,23-24H,(H,21,26)(H,22,25)/b20-11-. The predicted molar refractivity (Wildman–Crippen MR) is 97.9 cm³/mol. The summed E-state index contributed by atoms with van der Waals surface area (Å²) in [6.45, 7) is 0. The quantitative estimate of drug-likeness (QED) is 0.409. The van der Waals surface area contributed by atoms with Gasteiger partial charge in [0, 0.05) is 11.6 Å². The van der Waals surface area contributed by atoms with Crippen LogP contribution in [0.2, 0.25) is 0 Å². The average molecular weight is 365 g/mol. The van der Waals surface area contributed by atoms with Gasteiger partial charge in [-0.3, -0.25) is 9.59 Å². The largest absolute Gasteiger partial charge is 0.508 e. The van der Waals surface area contributed by atoms with E-state index in [2.05, 4.69) is 15.8 Å². The van der Waals surface area contributed by atoms with E-state index >= 15 is 0 Å². The van der Waals surface area contributed by atoms with E-state index in [0.29, 0.717) is 11.3 Å². The van der Waals surface area contributed by atoms with E-state index in [4.69, 9.17) is 4.42 Å². The fourth-order valence-electron chi connectivity index (χ4n) is 2.24. The second-order valence-corrected chi connectivity index (χ2v) is 5.42. The summed E-state index contributed by atoms with van der Waals surface area (Å²) in [6.07, 6.45) is 2.61. The molecule has 0 atom stereocenters. The van der Waals surface area contributed by atoms with Crippen LogP contribution >= 0.6 is 0 Å². The van der Waals surface area contributed by atoms with Crippen molar-refractivity contribution in [1.29, 1.82) is 0 Å². The number of para-hydroxylation sites is 1. The van der Waals surface area contributed by atoms with Gasteiger partial charge in [-0.15, -0.1) is 0 Å². The number of aromatic hydroxyl groups is 2. The van der Waals surface area contributed by atoms with Crippen molar-refractivity contribution < 1.29 is 24.2 Å². The topological polar surface area (TPSA) is 124 Å². The van der Waals surface area contributed by atoms with Crippen LogP contribution in [-0.4, -0.2) is 28.2 Å². The lowest BCUT2D eigenvalue weighted by Gasteiger charge is -2.08. The van der Waals surface area contributed by atoms with Crippen molar-refractivity contribution in [2.24, 2.45) is 5.10 Å². The third kappa shape index (κ3) is 4.31. The number of anilines is 1. The van der Waals surface area contributed by atoms with Crippen LogP contribution in [0.5, 0.6) is 11.5 Å². The van der Waals surface area contributed by atoms with E-state index in [1.54, 1.807) is 24.3 Å². The molecule has 0 fully saturated rings. The molecule has 1 aromatic heterocycles. The first-order valence-electron chi connectivity index (χ1n) is 7.84. The van der Waals surface area contributed by atoms with E-state index in [1.807, 2.05) is 0 Å². The molecule has 0 aliphatic carbocycles. The van der Waals surface area contributed by atoms with Gasteiger partial charge >= 0.3 is 0 Å². The van der Waals surface area contributed by atoms with E-state index in [0.717, 1.165) is 6.07 Å². The van der Waals surface area contributed by atoms with Gasteiger partial charge in [0.15, 0.2) is 5.76 Å². The van der Waals surface area contributed by atoms with Gasteiger partial charge in [-0.1, -0.05) is 12.1 Å². The average Bonchev–Trinajstić information content (AvgIpc) is 3.19. The third-order valence-electron chi connectivity index (χ3n) is 3.55. The van der Waals surface area contributed by atoms with Crippen molar-refractivity contribution >= 4 is 23.7 Å². The zero-order valence-corrected chi connectivity index (χ0v) is 13.9. The smallest absolute Gasteiger partial charge is 0.291 e. The van der Waals surface area contributed by atoms with Crippen LogP contribution in [0.1, 0.15) is 26.5 Å². The van der Waals surface area contributed by atoms with Crippen LogP contribution in [0.15, 0.2) is 70.4 Å². The SMILES string of the molecule is O=C(Nc1ccccc1C(=O)N/N=C\c1ccc(O)cc1O)c1ccco1. The second kappa shape index (κ2) is 7.87. The number of rotatable bonds is 5. The fourth-order valence-corrected chi connectivity index (χ4v) is 2.24. The second-order valence-electron chi connectivity index (χ2n) is 5.42. The molecule has 3 aromatic rings. The van der Waals surface area contributed by atoms with E-state index in [9.17, 15) is 19.8 Å². The first-order chi connectivity index (χ1) is 13.0. The molecule has 0 unspecified atom stereocenters. The lowest BCUT2D eigenvalue weighted by atomic mass is 10.1. The minimum Gasteiger partial charge on any atom is -0.508 e. The van der Waals surface area contributed by atoms with E-state index in [1.165, 1.54) is 36.7 Å². The monoisotopic (exact) mass is 365 g/mol. The van der Waals surface area contributed by atoms with Crippen molar-refractivity contribution in [2.75, 3.05) is 5.32 Å². The number of benzene rings is 2. The number of carbonyl (C=O) groups is 2. The number of nitrogens with zero attached hydrogens (tertiary/aromatic N) is 1. The Balaban J connectivity index is 1.71. The van der Waals surface area contributed by atoms with Gasteiger partial charge in [-0.2, -0.15) is 5.10 Å². The third-order valence-corrected chi connectivity index (χ3v) is 3.55. The molecule has 8 nitrogen and oxygen atoms in total. The maximum Gasteiger partial charge on any atom is 0.291 e. The first kappa shape index (κ1) is 17.7.